The minimum Gasteiger partial charge on any atom is -0.474 e. The molecule has 0 spiro atoms. The number of carbonyl (C=O) groups excluding carboxylic acids is 1. The zero-order valence-corrected chi connectivity index (χ0v) is 12.5. The molecule has 6 heteroatoms. The van der Waals surface area contributed by atoms with Crippen LogP contribution in [-0.4, -0.2) is 28.5 Å². The van der Waals surface area contributed by atoms with E-state index in [-0.39, 0.29) is 29.5 Å². The van der Waals surface area contributed by atoms with E-state index in [0.29, 0.717) is 12.4 Å². The summed E-state index contributed by atoms with van der Waals surface area (Å²) in [5.74, 6) is -0.622. The number of fused-ring (bicyclic) bond motifs is 1. The van der Waals surface area contributed by atoms with Crippen molar-refractivity contribution in [3.8, 4) is 17.1 Å². The first kappa shape index (κ1) is 14.6. The van der Waals surface area contributed by atoms with Crippen LogP contribution in [0.2, 0.25) is 0 Å². The topological polar surface area (TPSA) is 53.3 Å². The van der Waals surface area contributed by atoms with E-state index in [2.05, 4.69) is 5.10 Å². The van der Waals surface area contributed by atoms with Crippen molar-refractivity contribution < 1.29 is 18.7 Å². The summed E-state index contributed by atoms with van der Waals surface area (Å²) >= 11 is 0. The number of halogens is 1. The van der Waals surface area contributed by atoms with Crippen molar-refractivity contribution in [3.63, 3.8) is 0 Å². The molecular weight excluding hydrogens is 287 g/mol. The summed E-state index contributed by atoms with van der Waals surface area (Å²) in [6, 6.07) is 6.23. The van der Waals surface area contributed by atoms with Crippen molar-refractivity contribution in [2.24, 2.45) is 0 Å². The van der Waals surface area contributed by atoms with Gasteiger partial charge in [-0.15, -0.1) is 0 Å². The Bertz CT molecular complexity index is 711. The van der Waals surface area contributed by atoms with E-state index in [1.165, 1.54) is 6.07 Å². The molecule has 0 radical (unpaired) electrons. The molecule has 1 aromatic heterocycles. The number of nitrogens with zero attached hydrogens (tertiary/aromatic N) is 2. The predicted octanol–water partition coefficient (Wildman–Crippen LogP) is 3.04. The average molecular weight is 304 g/mol. The number of hydrogen-bond donors (Lipinski definition) is 0. The lowest BCUT2D eigenvalue weighted by molar-refractivity contribution is 0.0515. The second-order valence-electron chi connectivity index (χ2n) is 5.17. The molecule has 0 bridgehead atoms. The van der Waals surface area contributed by atoms with Crippen molar-refractivity contribution in [2.45, 2.75) is 32.9 Å². The summed E-state index contributed by atoms with van der Waals surface area (Å²) in [6.45, 7) is 4.50. The molecule has 0 aliphatic carbocycles. The normalized spacial score (nSPS) is 16.8. The number of aryl methyl sites for hydroxylation is 1. The van der Waals surface area contributed by atoms with Crippen molar-refractivity contribution >= 4 is 5.97 Å². The molecule has 0 amide bonds. The van der Waals surface area contributed by atoms with Gasteiger partial charge in [0.15, 0.2) is 0 Å². The van der Waals surface area contributed by atoms with E-state index in [4.69, 9.17) is 9.47 Å². The summed E-state index contributed by atoms with van der Waals surface area (Å²) in [5, 5.41) is 4.37. The summed E-state index contributed by atoms with van der Waals surface area (Å²) < 4.78 is 26.6. The summed E-state index contributed by atoms with van der Waals surface area (Å²) in [4.78, 5) is 12.3. The third kappa shape index (κ3) is 2.45. The molecule has 1 atom stereocenters. The third-order valence-corrected chi connectivity index (χ3v) is 3.57. The fraction of sp³-hybridized carbons (Fsp3) is 0.375. The van der Waals surface area contributed by atoms with E-state index in [1.807, 2.05) is 6.92 Å². The SMILES string of the molecule is CCOC(=O)c1c(-c2ccccc2F)nn2c1O[C@H](C)CC2. The van der Waals surface area contributed by atoms with E-state index >= 15 is 0 Å². The van der Waals surface area contributed by atoms with Crippen LogP contribution in [0.25, 0.3) is 11.3 Å². The first-order valence-electron chi connectivity index (χ1n) is 7.31. The van der Waals surface area contributed by atoms with Crippen LogP contribution >= 0.6 is 0 Å². The summed E-state index contributed by atoms with van der Waals surface area (Å²) in [6.07, 6.45) is 0.763. The Kier molecular flexibility index (Phi) is 3.83. The van der Waals surface area contributed by atoms with Gasteiger partial charge in [0.25, 0.3) is 0 Å². The van der Waals surface area contributed by atoms with Gasteiger partial charge in [-0.3, -0.25) is 0 Å². The molecule has 3 rings (SSSR count). The minimum atomic E-state index is -0.545. The quantitative estimate of drug-likeness (QED) is 0.818. The molecule has 116 valence electrons. The maximum Gasteiger partial charge on any atom is 0.345 e. The van der Waals surface area contributed by atoms with Crippen molar-refractivity contribution in [3.05, 3.63) is 35.6 Å². The summed E-state index contributed by atoms with van der Waals surface area (Å²) in [5.41, 5.74) is 0.725. The fourth-order valence-electron chi connectivity index (χ4n) is 2.50. The molecule has 1 aliphatic rings. The molecule has 0 saturated heterocycles. The van der Waals surface area contributed by atoms with Crippen LogP contribution < -0.4 is 4.74 Å². The predicted molar refractivity (Wildman–Crippen MR) is 78.3 cm³/mol. The number of esters is 1. The second-order valence-corrected chi connectivity index (χ2v) is 5.17. The van der Waals surface area contributed by atoms with Crippen molar-refractivity contribution in [1.82, 2.24) is 9.78 Å². The molecule has 2 heterocycles. The van der Waals surface area contributed by atoms with Gasteiger partial charge in [-0.05, 0) is 26.0 Å². The molecule has 0 unspecified atom stereocenters. The number of hydrogen-bond acceptors (Lipinski definition) is 4. The highest BCUT2D eigenvalue weighted by atomic mass is 19.1. The summed E-state index contributed by atoms with van der Waals surface area (Å²) in [7, 11) is 0. The number of rotatable bonds is 3. The molecule has 1 aromatic carbocycles. The Morgan fingerprint density at radius 2 is 2.27 bits per heavy atom. The highest BCUT2D eigenvalue weighted by Crippen LogP contribution is 2.35. The number of ether oxygens (including phenoxy) is 2. The molecule has 1 aliphatic heterocycles. The van der Waals surface area contributed by atoms with E-state index in [1.54, 1.807) is 29.8 Å². The Balaban J connectivity index is 2.17. The lowest BCUT2D eigenvalue weighted by Gasteiger charge is -2.21. The molecule has 5 nitrogen and oxygen atoms in total. The average Bonchev–Trinajstić information content (AvgIpc) is 2.86. The standard InChI is InChI=1S/C16H17FN2O3/c1-3-21-16(20)13-14(11-6-4-5-7-12(11)17)18-19-9-8-10(2)22-15(13)19/h4-7,10H,3,8-9H2,1-2H3/t10-/m1/s1. The van der Waals surface area contributed by atoms with Crippen LogP contribution in [0.5, 0.6) is 5.88 Å². The largest absolute Gasteiger partial charge is 0.474 e. The lowest BCUT2D eigenvalue weighted by Crippen LogP contribution is -2.24. The minimum absolute atomic E-state index is 0.0224. The van der Waals surface area contributed by atoms with E-state index in [0.717, 1.165) is 6.42 Å². The van der Waals surface area contributed by atoms with Gasteiger partial charge in [0, 0.05) is 18.5 Å². The highest BCUT2D eigenvalue weighted by molar-refractivity contribution is 5.99. The molecule has 0 saturated carbocycles. The van der Waals surface area contributed by atoms with Gasteiger partial charge in [0.05, 0.1) is 12.7 Å². The maximum absolute atomic E-state index is 14.1. The maximum atomic E-state index is 14.1. The fourth-order valence-corrected chi connectivity index (χ4v) is 2.50. The Morgan fingerprint density at radius 3 is 3.00 bits per heavy atom. The smallest absolute Gasteiger partial charge is 0.345 e. The Morgan fingerprint density at radius 1 is 1.50 bits per heavy atom. The van der Waals surface area contributed by atoms with Crippen LogP contribution in [0.1, 0.15) is 30.6 Å². The van der Waals surface area contributed by atoms with Gasteiger partial charge in [-0.1, -0.05) is 12.1 Å². The lowest BCUT2D eigenvalue weighted by atomic mass is 10.1. The van der Waals surface area contributed by atoms with Crippen LogP contribution in [0, 0.1) is 5.82 Å². The van der Waals surface area contributed by atoms with Crippen LogP contribution in [0.3, 0.4) is 0 Å². The number of benzene rings is 1. The molecule has 0 fully saturated rings. The van der Waals surface area contributed by atoms with Gasteiger partial charge in [0.1, 0.15) is 17.1 Å². The first-order chi connectivity index (χ1) is 10.6. The van der Waals surface area contributed by atoms with Gasteiger partial charge in [-0.25, -0.2) is 13.9 Å². The second kappa shape index (κ2) is 5.79. The van der Waals surface area contributed by atoms with Gasteiger partial charge >= 0.3 is 5.97 Å². The highest BCUT2D eigenvalue weighted by Gasteiger charge is 2.31. The number of aromatic nitrogens is 2. The third-order valence-electron chi connectivity index (χ3n) is 3.57. The van der Waals surface area contributed by atoms with Crippen LogP contribution in [0.15, 0.2) is 24.3 Å². The number of carbonyl (C=O) groups is 1. The first-order valence-corrected chi connectivity index (χ1v) is 7.31. The van der Waals surface area contributed by atoms with Crippen LogP contribution in [-0.2, 0) is 11.3 Å². The van der Waals surface area contributed by atoms with Gasteiger partial charge in [-0.2, -0.15) is 5.10 Å². The van der Waals surface area contributed by atoms with E-state index in [9.17, 15) is 9.18 Å². The zero-order chi connectivity index (χ0) is 15.7. The molecule has 2 aromatic rings. The zero-order valence-electron chi connectivity index (χ0n) is 12.5. The molecule has 0 N–H and O–H groups in total. The molecule has 22 heavy (non-hydrogen) atoms. The van der Waals surface area contributed by atoms with Crippen molar-refractivity contribution in [2.75, 3.05) is 6.61 Å². The van der Waals surface area contributed by atoms with Gasteiger partial charge < -0.3 is 9.47 Å². The molecular formula is C16H17FN2O3. The van der Waals surface area contributed by atoms with Crippen molar-refractivity contribution in [1.29, 1.82) is 0 Å². The Labute approximate surface area is 127 Å². The van der Waals surface area contributed by atoms with E-state index < -0.39 is 11.8 Å². The monoisotopic (exact) mass is 304 g/mol. The Hall–Kier alpha value is -2.37. The van der Waals surface area contributed by atoms with Gasteiger partial charge in [0.2, 0.25) is 5.88 Å². The van der Waals surface area contributed by atoms with Crippen LogP contribution in [0.4, 0.5) is 4.39 Å².